The van der Waals surface area contributed by atoms with Crippen molar-refractivity contribution in [3.63, 3.8) is 0 Å². The van der Waals surface area contributed by atoms with Crippen LogP contribution in [0.1, 0.15) is 18.7 Å². The molecule has 0 aliphatic heterocycles. The molecule has 0 spiro atoms. The Balaban J connectivity index is 1.84. The lowest BCUT2D eigenvalue weighted by Gasteiger charge is -1.95. The van der Waals surface area contributed by atoms with E-state index in [0.29, 0.717) is 11.1 Å². The molecule has 2 aromatic rings. The molecule has 4 nitrogen and oxygen atoms in total. The van der Waals surface area contributed by atoms with Crippen molar-refractivity contribution in [1.29, 1.82) is 0 Å². The summed E-state index contributed by atoms with van der Waals surface area (Å²) in [5.41, 5.74) is 0.840. The van der Waals surface area contributed by atoms with E-state index in [1.54, 1.807) is 10.7 Å². The lowest BCUT2D eigenvalue weighted by Crippen LogP contribution is -2.16. The monoisotopic (exact) mass is 222 g/mol. The Kier molecular flexibility index (Phi) is 2.11. The molecule has 0 aromatic carbocycles. The second-order valence-electron chi connectivity index (χ2n) is 3.83. The maximum Gasteiger partial charge on any atom is 0.165 e. The largest absolute Gasteiger partial charge is 0.307 e. The summed E-state index contributed by atoms with van der Waals surface area (Å²) in [7, 11) is 0. The molecule has 3 rings (SSSR count). The summed E-state index contributed by atoms with van der Waals surface area (Å²) in [6.07, 6.45) is 4.32. The molecule has 0 amide bonds. The fourth-order valence-corrected chi connectivity index (χ4v) is 1.66. The minimum atomic E-state index is 0.675. The third kappa shape index (κ3) is 1.96. The summed E-state index contributed by atoms with van der Waals surface area (Å²) in [5.74, 6) is 0.823. The molecule has 0 atom stereocenters. The predicted molar refractivity (Wildman–Crippen MR) is 57.9 cm³/mol. The Morgan fingerprint density at radius 2 is 2.33 bits per heavy atom. The second-order valence-corrected chi connectivity index (χ2v) is 4.27. The SMILES string of the molecule is Clc1ccc2nc(CNC3CC3)nn2c1. The Bertz CT molecular complexity index is 489. The predicted octanol–water partition coefficient (Wildman–Crippen LogP) is 1.63. The Hall–Kier alpha value is -1.13. The first-order valence-corrected chi connectivity index (χ1v) is 5.43. The average molecular weight is 223 g/mol. The van der Waals surface area contributed by atoms with Gasteiger partial charge in [-0.25, -0.2) is 9.50 Å². The van der Waals surface area contributed by atoms with Crippen LogP contribution in [0.5, 0.6) is 0 Å². The smallest absolute Gasteiger partial charge is 0.165 e. The molecule has 2 heterocycles. The van der Waals surface area contributed by atoms with Gasteiger partial charge in [0.2, 0.25) is 0 Å². The summed E-state index contributed by atoms with van der Waals surface area (Å²) >= 11 is 5.86. The van der Waals surface area contributed by atoms with Crippen molar-refractivity contribution < 1.29 is 0 Å². The van der Waals surface area contributed by atoms with Gasteiger partial charge in [-0.15, -0.1) is 5.10 Å². The molecule has 1 saturated carbocycles. The number of aromatic nitrogens is 3. The molecule has 78 valence electrons. The van der Waals surface area contributed by atoms with Gasteiger partial charge in [-0.3, -0.25) is 0 Å². The third-order valence-electron chi connectivity index (χ3n) is 2.46. The first-order valence-electron chi connectivity index (χ1n) is 5.05. The normalized spacial score (nSPS) is 16.1. The van der Waals surface area contributed by atoms with Crippen LogP contribution in [-0.4, -0.2) is 20.6 Å². The van der Waals surface area contributed by atoms with E-state index in [4.69, 9.17) is 11.6 Å². The number of pyridine rings is 1. The van der Waals surface area contributed by atoms with E-state index < -0.39 is 0 Å². The van der Waals surface area contributed by atoms with Crippen LogP contribution < -0.4 is 5.32 Å². The van der Waals surface area contributed by atoms with Crippen molar-refractivity contribution in [3.8, 4) is 0 Å². The molecule has 15 heavy (non-hydrogen) atoms. The van der Waals surface area contributed by atoms with E-state index in [2.05, 4.69) is 15.4 Å². The van der Waals surface area contributed by atoms with Crippen LogP contribution in [0, 0.1) is 0 Å². The van der Waals surface area contributed by atoms with Crippen LogP contribution in [-0.2, 0) is 6.54 Å². The standard InChI is InChI=1S/C10H11ClN4/c11-7-1-4-10-13-9(14-15(10)6-7)5-12-8-2-3-8/h1,4,6,8,12H,2-3,5H2. The van der Waals surface area contributed by atoms with Crippen LogP contribution in [0.4, 0.5) is 0 Å². The van der Waals surface area contributed by atoms with Gasteiger partial charge < -0.3 is 5.32 Å². The third-order valence-corrected chi connectivity index (χ3v) is 2.69. The van der Waals surface area contributed by atoms with Gasteiger partial charge in [0.15, 0.2) is 11.5 Å². The van der Waals surface area contributed by atoms with Crippen LogP contribution in [0.3, 0.4) is 0 Å². The van der Waals surface area contributed by atoms with E-state index in [9.17, 15) is 0 Å². The molecule has 0 saturated heterocycles. The van der Waals surface area contributed by atoms with Crippen molar-refractivity contribution >= 4 is 17.2 Å². The van der Waals surface area contributed by atoms with Crippen molar-refractivity contribution in [2.45, 2.75) is 25.4 Å². The van der Waals surface area contributed by atoms with Crippen molar-refractivity contribution in [3.05, 3.63) is 29.2 Å². The molecule has 2 aromatic heterocycles. The van der Waals surface area contributed by atoms with Gasteiger partial charge in [-0.2, -0.15) is 0 Å². The highest BCUT2D eigenvalue weighted by molar-refractivity contribution is 6.30. The highest BCUT2D eigenvalue weighted by Crippen LogP contribution is 2.19. The van der Waals surface area contributed by atoms with Crippen molar-refractivity contribution in [1.82, 2.24) is 19.9 Å². The number of hydrogen-bond acceptors (Lipinski definition) is 3. The lowest BCUT2D eigenvalue weighted by atomic mass is 10.5. The van der Waals surface area contributed by atoms with Crippen LogP contribution in [0.2, 0.25) is 5.02 Å². The maximum absolute atomic E-state index is 5.86. The highest BCUT2D eigenvalue weighted by atomic mass is 35.5. The second kappa shape index (κ2) is 3.47. The maximum atomic E-state index is 5.86. The number of halogens is 1. The molecular formula is C10H11ClN4. The Labute approximate surface area is 92.3 Å². The number of hydrogen-bond donors (Lipinski definition) is 1. The van der Waals surface area contributed by atoms with E-state index in [-0.39, 0.29) is 0 Å². The van der Waals surface area contributed by atoms with E-state index in [1.807, 2.05) is 12.1 Å². The average Bonchev–Trinajstić information content (AvgIpc) is 2.95. The molecule has 1 fully saturated rings. The van der Waals surface area contributed by atoms with Gasteiger partial charge in [0.1, 0.15) is 0 Å². The molecule has 0 radical (unpaired) electrons. The summed E-state index contributed by atoms with van der Waals surface area (Å²) in [4.78, 5) is 4.38. The van der Waals surface area contributed by atoms with Gasteiger partial charge in [0.05, 0.1) is 11.6 Å². The first-order chi connectivity index (χ1) is 7.31. The summed E-state index contributed by atoms with van der Waals surface area (Å²) in [5, 5.41) is 8.38. The van der Waals surface area contributed by atoms with Crippen LogP contribution in [0.25, 0.3) is 5.65 Å². The van der Waals surface area contributed by atoms with Crippen molar-refractivity contribution in [2.24, 2.45) is 0 Å². The quantitative estimate of drug-likeness (QED) is 0.859. The Morgan fingerprint density at radius 1 is 1.47 bits per heavy atom. The van der Waals surface area contributed by atoms with Gasteiger partial charge in [0, 0.05) is 12.2 Å². The molecule has 1 N–H and O–H groups in total. The van der Waals surface area contributed by atoms with E-state index in [0.717, 1.165) is 18.0 Å². The fraction of sp³-hybridized carbons (Fsp3) is 0.400. The molecule has 1 aliphatic carbocycles. The molecule has 1 aliphatic rings. The van der Waals surface area contributed by atoms with E-state index >= 15 is 0 Å². The lowest BCUT2D eigenvalue weighted by molar-refractivity contribution is 0.656. The van der Waals surface area contributed by atoms with Gasteiger partial charge in [0.25, 0.3) is 0 Å². The van der Waals surface area contributed by atoms with Gasteiger partial charge in [-0.1, -0.05) is 11.6 Å². The van der Waals surface area contributed by atoms with Gasteiger partial charge in [-0.05, 0) is 25.0 Å². The van der Waals surface area contributed by atoms with Crippen LogP contribution in [0.15, 0.2) is 18.3 Å². The zero-order valence-corrected chi connectivity index (χ0v) is 8.91. The zero-order chi connectivity index (χ0) is 10.3. The molecule has 0 bridgehead atoms. The Morgan fingerprint density at radius 3 is 3.13 bits per heavy atom. The number of fused-ring (bicyclic) bond motifs is 1. The first kappa shape index (κ1) is 9.12. The fourth-order valence-electron chi connectivity index (χ4n) is 1.50. The van der Waals surface area contributed by atoms with E-state index in [1.165, 1.54) is 12.8 Å². The number of nitrogens with one attached hydrogen (secondary N) is 1. The highest BCUT2D eigenvalue weighted by Gasteiger charge is 2.20. The number of rotatable bonds is 3. The summed E-state index contributed by atoms with van der Waals surface area (Å²) in [6.45, 7) is 0.740. The molecular weight excluding hydrogens is 212 g/mol. The van der Waals surface area contributed by atoms with Crippen LogP contribution >= 0.6 is 11.6 Å². The number of nitrogens with zero attached hydrogens (tertiary/aromatic N) is 3. The zero-order valence-electron chi connectivity index (χ0n) is 8.15. The van der Waals surface area contributed by atoms with Gasteiger partial charge >= 0.3 is 0 Å². The minimum Gasteiger partial charge on any atom is -0.307 e. The topological polar surface area (TPSA) is 42.2 Å². The minimum absolute atomic E-state index is 0.675. The summed E-state index contributed by atoms with van der Waals surface area (Å²) in [6, 6.07) is 4.37. The molecule has 0 unspecified atom stereocenters. The van der Waals surface area contributed by atoms with Crippen molar-refractivity contribution in [2.75, 3.05) is 0 Å². The molecule has 5 heteroatoms. The summed E-state index contributed by atoms with van der Waals surface area (Å²) < 4.78 is 1.71.